The van der Waals surface area contributed by atoms with Crippen LogP contribution in [0.15, 0.2) is 29.6 Å². The topological polar surface area (TPSA) is 63.6 Å². The zero-order valence-corrected chi connectivity index (χ0v) is 12.9. The van der Waals surface area contributed by atoms with Crippen LogP contribution in [-0.4, -0.2) is 23.7 Å². The second-order valence-electron chi connectivity index (χ2n) is 4.90. The van der Waals surface area contributed by atoms with E-state index in [1.54, 1.807) is 25.2 Å². The Hall–Kier alpha value is -1.88. The number of fused-ring (bicyclic) bond motifs is 1. The van der Waals surface area contributed by atoms with Crippen LogP contribution in [0.5, 0.6) is 0 Å². The first kappa shape index (κ1) is 15.5. The van der Waals surface area contributed by atoms with Crippen LogP contribution in [0.3, 0.4) is 0 Å². The monoisotopic (exact) mass is 306 g/mol. The molecule has 5 heteroatoms. The van der Waals surface area contributed by atoms with E-state index in [1.165, 1.54) is 0 Å². The van der Waals surface area contributed by atoms with Crippen molar-refractivity contribution in [1.29, 1.82) is 0 Å². The van der Waals surface area contributed by atoms with Crippen molar-refractivity contribution in [2.45, 2.75) is 26.7 Å². The average molecular weight is 306 g/mol. The van der Waals surface area contributed by atoms with Gasteiger partial charge in [0.25, 0.3) is 0 Å². The fourth-order valence-electron chi connectivity index (χ4n) is 2.42. The average Bonchev–Trinajstić information content (AvgIpc) is 2.87. The number of rotatable bonds is 6. The third kappa shape index (κ3) is 2.78. The molecule has 0 saturated heterocycles. The molecule has 0 fully saturated rings. The predicted molar refractivity (Wildman–Crippen MR) is 82.5 cm³/mol. The molecule has 0 aliphatic heterocycles. The molecular weight excluding hydrogens is 288 g/mol. The van der Waals surface area contributed by atoms with Crippen molar-refractivity contribution >= 4 is 33.4 Å². The highest BCUT2D eigenvalue weighted by Gasteiger charge is 2.46. The van der Waals surface area contributed by atoms with E-state index in [4.69, 9.17) is 4.74 Å². The summed E-state index contributed by atoms with van der Waals surface area (Å²) in [4.78, 5) is 23.9. The Morgan fingerprint density at radius 2 is 2.00 bits per heavy atom. The molecule has 4 nitrogen and oxygen atoms in total. The van der Waals surface area contributed by atoms with Gasteiger partial charge in [0.05, 0.1) is 6.61 Å². The number of benzene rings is 1. The minimum Gasteiger partial charge on any atom is -0.480 e. The molecular formula is C16H18O4S. The Morgan fingerprint density at radius 3 is 2.62 bits per heavy atom. The minimum absolute atomic E-state index is 0.154. The largest absolute Gasteiger partial charge is 0.480 e. The van der Waals surface area contributed by atoms with Crippen LogP contribution in [0, 0.1) is 5.41 Å². The zero-order valence-electron chi connectivity index (χ0n) is 12.1. The van der Waals surface area contributed by atoms with Gasteiger partial charge in [0, 0.05) is 11.1 Å². The molecule has 1 heterocycles. The molecule has 0 radical (unpaired) electrons. The van der Waals surface area contributed by atoms with Gasteiger partial charge in [0.2, 0.25) is 0 Å². The Morgan fingerprint density at radius 1 is 1.29 bits per heavy atom. The molecule has 0 aliphatic carbocycles. The van der Waals surface area contributed by atoms with Gasteiger partial charge < -0.3 is 9.84 Å². The number of thiophene rings is 1. The summed E-state index contributed by atoms with van der Waals surface area (Å²) >= 11 is 1.56. The summed E-state index contributed by atoms with van der Waals surface area (Å²) in [5.41, 5.74) is -0.632. The number of carbonyl (C=O) groups is 2. The van der Waals surface area contributed by atoms with Gasteiger partial charge in [-0.15, -0.1) is 11.3 Å². The van der Waals surface area contributed by atoms with Gasteiger partial charge in [0.1, 0.15) is 0 Å². The number of ether oxygens (including phenoxy) is 1. The molecule has 21 heavy (non-hydrogen) atoms. The number of carboxylic acid groups (broad SMARTS) is 1. The van der Waals surface area contributed by atoms with Gasteiger partial charge in [-0.2, -0.15) is 0 Å². The smallest absolute Gasteiger partial charge is 0.323 e. The Kier molecular flexibility index (Phi) is 4.63. The number of hydrogen-bond donors (Lipinski definition) is 1. The van der Waals surface area contributed by atoms with Gasteiger partial charge in [-0.1, -0.05) is 25.1 Å². The van der Waals surface area contributed by atoms with Crippen LogP contribution in [0.25, 0.3) is 10.1 Å². The summed E-state index contributed by atoms with van der Waals surface area (Å²) in [7, 11) is 0. The van der Waals surface area contributed by atoms with Gasteiger partial charge in [0.15, 0.2) is 5.41 Å². The lowest BCUT2D eigenvalue weighted by atomic mass is 9.79. The molecule has 1 N–H and O–H groups in total. The first-order valence-electron chi connectivity index (χ1n) is 6.91. The summed E-state index contributed by atoms with van der Waals surface area (Å²) < 4.78 is 6.09. The van der Waals surface area contributed by atoms with Crippen LogP contribution in [-0.2, 0) is 20.7 Å². The molecule has 0 bridgehead atoms. The highest BCUT2D eigenvalue weighted by Crippen LogP contribution is 2.35. The summed E-state index contributed by atoms with van der Waals surface area (Å²) in [5, 5.41) is 12.5. The van der Waals surface area contributed by atoms with E-state index in [0.717, 1.165) is 15.6 Å². The first-order valence-corrected chi connectivity index (χ1v) is 7.79. The van der Waals surface area contributed by atoms with Crippen molar-refractivity contribution in [3.8, 4) is 0 Å². The van der Waals surface area contributed by atoms with E-state index >= 15 is 0 Å². The fraction of sp³-hybridized carbons (Fsp3) is 0.375. The number of carbonyl (C=O) groups excluding carboxylic acids is 1. The SMILES string of the molecule is CCOC(=O)C(CC)(Cc1csc2ccccc12)C(=O)O. The second-order valence-corrected chi connectivity index (χ2v) is 5.81. The van der Waals surface area contributed by atoms with Crippen LogP contribution < -0.4 is 0 Å². The molecule has 0 aliphatic rings. The lowest BCUT2D eigenvalue weighted by molar-refractivity contribution is -0.168. The minimum atomic E-state index is -1.51. The number of carboxylic acids is 1. The highest BCUT2D eigenvalue weighted by atomic mass is 32.1. The lowest BCUT2D eigenvalue weighted by Crippen LogP contribution is -2.42. The van der Waals surface area contributed by atoms with Crippen molar-refractivity contribution < 1.29 is 19.4 Å². The van der Waals surface area contributed by atoms with Crippen molar-refractivity contribution in [1.82, 2.24) is 0 Å². The van der Waals surface area contributed by atoms with Gasteiger partial charge >= 0.3 is 11.9 Å². The third-order valence-electron chi connectivity index (χ3n) is 3.73. The highest BCUT2D eigenvalue weighted by molar-refractivity contribution is 7.17. The van der Waals surface area contributed by atoms with E-state index in [1.807, 2.05) is 29.6 Å². The Balaban J connectivity index is 2.43. The van der Waals surface area contributed by atoms with E-state index in [-0.39, 0.29) is 19.4 Å². The maximum atomic E-state index is 12.2. The Labute approximate surface area is 127 Å². The molecule has 1 atom stereocenters. The third-order valence-corrected chi connectivity index (χ3v) is 4.74. The number of hydrogen-bond acceptors (Lipinski definition) is 4. The van der Waals surface area contributed by atoms with Crippen molar-refractivity contribution in [3.63, 3.8) is 0 Å². The summed E-state index contributed by atoms with van der Waals surface area (Å²) in [6.45, 7) is 3.57. The first-order chi connectivity index (χ1) is 10.0. The van der Waals surface area contributed by atoms with Crippen LogP contribution in [0.2, 0.25) is 0 Å². The molecule has 2 rings (SSSR count). The normalized spacial score (nSPS) is 13.8. The molecule has 1 aromatic carbocycles. The van der Waals surface area contributed by atoms with Crippen molar-refractivity contribution in [2.24, 2.45) is 5.41 Å². The molecule has 112 valence electrons. The number of esters is 1. The number of aliphatic carboxylic acids is 1. The maximum absolute atomic E-state index is 12.2. The lowest BCUT2D eigenvalue weighted by Gasteiger charge is -2.25. The van der Waals surface area contributed by atoms with Crippen LogP contribution >= 0.6 is 11.3 Å². The quantitative estimate of drug-likeness (QED) is 0.655. The van der Waals surface area contributed by atoms with E-state index < -0.39 is 17.4 Å². The Bertz CT molecular complexity index is 661. The van der Waals surface area contributed by atoms with Gasteiger partial charge in [-0.25, -0.2) is 0 Å². The maximum Gasteiger partial charge on any atom is 0.323 e. The second kappa shape index (κ2) is 6.26. The van der Waals surface area contributed by atoms with Crippen LogP contribution in [0.4, 0.5) is 0 Å². The van der Waals surface area contributed by atoms with Crippen molar-refractivity contribution in [2.75, 3.05) is 6.61 Å². The van der Waals surface area contributed by atoms with E-state index in [2.05, 4.69) is 0 Å². The molecule has 2 aromatic rings. The molecule has 1 aromatic heterocycles. The predicted octanol–water partition coefficient (Wildman–Crippen LogP) is 3.49. The van der Waals surface area contributed by atoms with E-state index in [9.17, 15) is 14.7 Å². The van der Waals surface area contributed by atoms with E-state index in [0.29, 0.717) is 0 Å². The molecule has 1 unspecified atom stereocenters. The fourth-order valence-corrected chi connectivity index (χ4v) is 3.38. The summed E-state index contributed by atoms with van der Waals surface area (Å²) in [6, 6.07) is 7.80. The van der Waals surface area contributed by atoms with Crippen molar-refractivity contribution in [3.05, 3.63) is 35.2 Å². The standard InChI is InChI=1S/C16H18O4S/c1-3-16(14(17)18,15(19)20-4-2)9-11-10-21-13-8-6-5-7-12(11)13/h5-8,10H,3-4,9H2,1-2H3,(H,17,18). The summed E-state index contributed by atoms with van der Waals surface area (Å²) in [5.74, 6) is -1.78. The molecule has 0 amide bonds. The molecule has 0 saturated carbocycles. The molecule has 0 spiro atoms. The van der Waals surface area contributed by atoms with Crippen LogP contribution in [0.1, 0.15) is 25.8 Å². The van der Waals surface area contributed by atoms with Gasteiger partial charge in [-0.05, 0) is 35.7 Å². The zero-order chi connectivity index (χ0) is 15.5. The summed E-state index contributed by atoms with van der Waals surface area (Å²) in [6.07, 6.45) is 0.354. The van der Waals surface area contributed by atoms with Gasteiger partial charge in [-0.3, -0.25) is 9.59 Å².